The van der Waals surface area contributed by atoms with E-state index < -0.39 is 5.91 Å². The van der Waals surface area contributed by atoms with Gasteiger partial charge in [0.1, 0.15) is 0 Å². The summed E-state index contributed by atoms with van der Waals surface area (Å²) in [6, 6.07) is 8.00. The fourth-order valence-corrected chi connectivity index (χ4v) is 2.63. The third kappa shape index (κ3) is 4.78. The summed E-state index contributed by atoms with van der Waals surface area (Å²) in [4.78, 5) is 12.3. The van der Waals surface area contributed by atoms with Crippen LogP contribution in [0.3, 0.4) is 0 Å². The summed E-state index contributed by atoms with van der Waals surface area (Å²) in [5.74, 6) is 0.706. The first-order chi connectivity index (χ1) is 12.0. The van der Waals surface area contributed by atoms with Crippen LogP contribution in [0.1, 0.15) is 15.9 Å². The SMILES string of the molecule is COc1cc(C(=O)N/N=C/c2cc(Cl)cc(Cl)c2)cc(OC)c1OC. The maximum Gasteiger partial charge on any atom is 0.271 e. The van der Waals surface area contributed by atoms with Crippen LogP contribution in [0.15, 0.2) is 35.4 Å². The van der Waals surface area contributed by atoms with Crippen molar-refractivity contribution in [2.75, 3.05) is 21.3 Å². The first-order valence-corrected chi connectivity index (χ1v) is 7.83. The molecule has 2 aromatic carbocycles. The number of benzene rings is 2. The van der Waals surface area contributed by atoms with Gasteiger partial charge < -0.3 is 14.2 Å². The van der Waals surface area contributed by atoms with Crippen molar-refractivity contribution in [3.63, 3.8) is 0 Å². The first-order valence-electron chi connectivity index (χ1n) is 7.08. The lowest BCUT2D eigenvalue weighted by molar-refractivity contribution is 0.0954. The van der Waals surface area contributed by atoms with E-state index in [4.69, 9.17) is 37.4 Å². The average molecular weight is 383 g/mol. The van der Waals surface area contributed by atoms with Crippen molar-refractivity contribution in [1.29, 1.82) is 0 Å². The van der Waals surface area contributed by atoms with E-state index in [9.17, 15) is 4.79 Å². The molecule has 0 saturated carbocycles. The fraction of sp³-hybridized carbons (Fsp3) is 0.176. The van der Waals surface area contributed by atoms with Crippen molar-refractivity contribution >= 4 is 35.3 Å². The Kier molecular flexibility index (Phi) is 6.50. The molecule has 0 unspecified atom stereocenters. The molecular formula is C17H16Cl2N2O4. The van der Waals surface area contributed by atoms with E-state index >= 15 is 0 Å². The van der Waals surface area contributed by atoms with Crippen LogP contribution < -0.4 is 19.6 Å². The molecule has 2 rings (SSSR count). The monoisotopic (exact) mass is 382 g/mol. The summed E-state index contributed by atoms with van der Waals surface area (Å²) in [5.41, 5.74) is 3.38. The quantitative estimate of drug-likeness (QED) is 0.609. The molecule has 0 aliphatic carbocycles. The van der Waals surface area contributed by atoms with Gasteiger partial charge in [-0.15, -0.1) is 0 Å². The summed E-state index contributed by atoms with van der Waals surface area (Å²) in [7, 11) is 4.43. The van der Waals surface area contributed by atoms with Gasteiger partial charge in [0.15, 0.2) is 11.5 Å². The van der Waals surface area contributed by atoms with Gasteiger partial charge in [0, 0.05) is 15.6 Å². The maximum absolute atomic E-state index is 12.3. The van der Waals surface area contributed by atoms with Crippen LogP contribution in [0.2, 0.25) is 10.0 Å². The number of ether oxygens (including phenoxy) is 3. The van der Waals surface area contributed by atoms with Crippen LogP contribution in [-0.2, 0) is 0 Å². The molecule has 25 heavy (non-hydrogen) atoms. The van der Waals surface area contributed by atoms with Crippen LogP contribution in [0, 0.1) is 0 Å². The first kappa shape index (κ1) is 18.9. The zero-order chi connectivity index (χ0) is 18.4. The number of nitrogens with one attached hydrogen (secondary N) is 1. The number of hydrazone groups is 1. The van der Waals surface area contributed by atoms with Crippen molar-refractivity contribution in [2.24, 2.45) is 5.10 Å². The molecule has 8 heteroatoms. The second kappa shape index (κ2) is 8.60. The highest BCUT2D eigenvalue weighted by molar-refractivity contribution is 6.35. The van der Waals surface area contributed by atoms with Crippen molar-refractivity contribution in [1.82, 2.24) is 5.43 Å². The van der Waals surface area contributed by atoms with Gasteiger partial charge in [-0.2, -0.15) is 5.10 Å². The molecular weight excluding hydrogens is 367 g/mol. The minimum absolute atomic E-state index is 0.302. The Morgan fingerprint density at radius 3 is 2.00 bits per heavy atom. The Balaban J connectivity index is 2.19. The van der Waals surface area contributed by atoms with E-state index in [1.807, 2.05) is 0 Å². The summed E-state index contributed by atoms with van der Waals surface area (Å²) in [6.07, 6.45) is 1.44. The Hall–Kier alpha value is -2.44. The lowest BCUT2D eigenvalue weighted by atomic mass is 10.1. The molecule has 0 heterocycles. The van der Waals surface area contributed by atoms with E-state index in [1.165, 1.54) is 39.7 Å². The highest BCUT2D eigenvalue weighted by atomic mass is 35.5. The van der Waals surface area contributed by atoms with E-state index in [-0.39, 0.29) is 0 Å². The van der Waals surface area contributed by atoms with Gasteiger partial charge in [-0.3, -0.25) is 4.79 Å². The minimum Gasteiger partial charge on any atom is -0.493 e. The minimum atomic E-state index is -0.441. The topological polar surface area (TPSA) is 69.2 Å². The maximum atomic E-state index is 12.3. The smallest absolute Gasteiger partial charge is 0.271 e. The number of hydrogen-bond donors (Lipinski definition) is 1. The number of hydrogen-bond acceptors (Lipinski definition) is 5. The summed E-state index contributed by atoms with van der Waals surface area (Å²) in [5, 5.41) is 4.85. The lowest BCUT2D eigenvalue weighted by Gasteiger charge is -2.13. The molecule has 0 fully saturated rings. The van der Waals surface area contributed by atoms with Gasteiger partial charge in [0.25, 0.3) is 5.91 Å². The van der Waals surface area contributed by atoms with Gasteiger partial charge in [0.2, 0.25) is 5.75 Å². The Morgan fingerprint density at radius 2 is 1.52 bits per heavy atom. The van der Waals surface area contributed by atoms with Crippen molar-refractivity contribution in [3.8, 4) is 17.2 Å². The third-order valence-corrected chi connectivity index (χ3v) is 3.63. The average Bonchev–Trinajstić information content (AvgIpc) is 2.59. The molecule has 0 aliphatic heterocycles. The summed E-state index contributed by atoms with van der Waals surface area (Å²) >= 11 is 11.8. The zero-order valence-electron chi connectivity index (χ0n) is 13.8. The van der Waals surface area contributed by atoms with Crippen LogP contribution in [-0.4, -0.2) is 33.5 Å². The molecule has 0 bridgehead atoms. The number of rotatable bonds is 6. The van der Waals surface area contributed by atoms with Gasteiger partial charge in [0.05, 0.1) is 27.5 Å². The predicted octanol–water partition coefficient (Wildman–Crippen LogP) is 3.78. The Labute approximate surface area is 155 Å². The highest BCUT2D eigenvalue weighted by Crippen LogP contribution is 2.38. The number of amides is 1. The van der Waals surface area contributed by atoms with Crippen LogP contribution in [0.25, 0.3) is 0 Å². The number of carbonyl (C=O) groups is 1. The Bertz CT molecular complexity index is 764. The molecule has 0 atom stereocenters. The van der Waals surface area contributed by atoms with Gasteiger partial charge in [-0.1, -0.05) is 23.2 Å². The van der Waals surface area contributed by atoms with Gasteiger partial charge >= 0.3 is 0 Å². The molecule has 6 nitrogen and oxygen atoms in total. The van der Waals surface area contributed by atoms with Crippen LogP contribution in [0.4, 0.5) is 0 Å². The second-order valence-corrected chi connectivity index (χ2v) is 5.69. The van der Waals surface area contributed by atoms with Crippen molar-refractivity contribution in [3.05, 3.63) is 51.5 Å². The normalized spacial score (nSPS) is 10.6. The highest BCUT2D eigenvalue weighted by Gasteiger charge is 2.16. The number of nitrogens with zero attached hydrogens (tertiary/aromatic N) is 1. The molecule has 1 amide bonds. The van der Waals surface area contributed by atoms with E-state index in [1.54, 1.807) is 18.2 Å². The molecule has 0 aliphatic rings. The molecule has 2 aromatic rings. The third-order valence-electron chi connectivity index (χ3n) is 3.19. The van der Waals surface area contributed by atoms with Crippen LogP contribution >= 0.6 is 23.2 Å². The molecule has 0 saturated heterocycles. The molecule has 0 aromatic heterocycles. The molecule has 0 radical (unpaired) electrons. The van der Waals surface area contributed by atoms with Gasteiger partial charge in [-0.05, 0) is 35.9 Å². The van der Waals surface area contributed by atoms with Crippen molar-refractivity contribution in [2.45, 2.75) is 0 Å². The number of methoxy groups -OCH3 is 3. The molecule has 0 spiro atoms. The fourth-order valence-electron chi connectivity index (χ4n) is 2.09. The summed E-state index contributed by atoms with van der Waals surface area (Å²) in [6.45, 7) is 0. The largest absolute Gasteiger partial charge is 0.493 e. The number of halogens is 2. The van der Waals surface area contributed by atoms with E-state index in [0.29, 0.717) is 38.4 Å². The standard InChI is InChI=1S/C17H16Cl2N2O4/c1-23-14-6-11(7-15(24-2)16(14)25-3)17(22)21-20-9-10-4-12(18)8-13(19)5-10/h4-9H,1-3H3,(H,21,22)/b20-9+. The van der Waals surface area contributed by atoms with E-state index in [2.05, 4.69) is 10.5 Å². The lowest BCUT2D eigenvalue weighted by Crippen LogP contribution is -2.18. The number of carbonyl (C=O) groups excluding carboxylic acids is 1. The zero-order valence-corrected chi connectivity index (χ0v) is 15.3. The van der Waals surface area contributed by atoms with Gasteiger partial charge in [-0.25, -0.2) is 5.43 Å². The second-order valence-electron chi connectivity index (χ2n) is 4.82. The van der Waals surface area contributed by atoms with E-state index in [0.717, 1.165) is 0 Å². The van der Waals surface area contributed by atoms with Crippen LogP contribution in [0.5, 0.6) is 17.2 Å². The predicted molar refractivity (Wildman–Crippen MR) is 97.6 cm³/mol. The Morgan fingerprint density at radius 1 is 0.960 bits per heavy atom. The molecule has 132 valence electrons. The molecule has 1 N–H and O–H groups in total. The van der Waals surface area contributed by atoms with Crippen molar-refractivity contribution < 1.29 is 19.0 Å². The summed E-state index contributed by atoms with van der Waals surface area (Å²) < 4.78 is 15.7.